The van der Waals surface area contributed by atoms with Gasteiger partial charge in [-0.05, 0) is 43.9 Å². The van der Waals surface area contributed by atoms with Crippen LogP contribution in [0.3, 0.4) is 0 Å². The van der Waals surface area contributed by atoms with Crippen molar-refractivity contribution in [3.05, 3.63) is 51.8 Å². The van der Waals surface area contributed by atoms with Gasteiger partial charge in [-0.3, -0.25) is 4.68 Å². The maximum Gasteiger partial charge on any atom is 0.191 e. The third-order valence-corrected chi connectivity index (χ3v) is 4.64. The van der Waals surface area contributed by atoms with Gasteiger partial charge in [0.2, 0.25) is 0 Å². The number of nitrogens with zero attached hydrogens (tertiary/aromatic N) is 3. The molecule has 2 N–H and O–H groups in total. The number of aryl methyl sites for hydroxylation is 2. The molecule has 150 valence electrons. The van der Waals surface area contributed by atoms with Crippen LogP contribution in [-0.2, 0) is 32.9 Å². The lowest BCUT2D eigenvalue weighted by Gasteiger charge is -2.12. The molecule has 0 atom stereocenters. The van der Waals surface area contributed by atoms with E-state index in [0.717, 1.165) is 49.0 Å². The fourth-order valence-electron chi connectivity index (χ4n) is 3.05. The molecule has 1 aromatic carbocycles. The molecule has 0 fully saturated rings. The summed E-state index contributed by atoms with van der Waals surface area (Å²) in [4.78, 5) is 4.78. The number of hydrogen-bond donors (Lipinski definition) is 2. The summed E-state index contributed by atoms with van der Waals surface area (Å²) in [5.41, 5.74) is 4.92. The van der Waals surface area contributed by atoms with Crippen molar-refractivity contribution in [1.82, 2.24) is 20.4 Å². The van der Waals surface area contributed by atoms with Gasteiger partial charge in [0.25, 0.3) is 0 Å². The number of halogens is 2. The van der Waals surface area contributed by atoms with Gasteiger partial charge in [-0.25, -0.2) is 4.99 Å². The van der Waals surface area contributed by atoms with E-state index in [1.165, 1.54) is 16.8 Å². The van der Waals surface area contributed by atoms with Crippen LogP contribution in [0.15, 0.2) is 29.3 Å². The van der Waals surface area contributed by atoms with Crippen LogP contribution < -0.4 is 10.6 Å². The summed E-state index contributed by atoms with van der Waals surface area (Å²) >= 11 is 5.94. The molecule has 0 aliphatic heterocycles. The van der Waals surface area contributed by atoms with E-state index in [9.17, 15) is 0 Å². The van der Waals surface area contributed by atoms with E-state index in [0.29, 0.717) is 6.54 Å². The molecular weight excluding hydrogens is 473 g/mol. The largest absolute Gasteiger partial charge is 0.357 e. The van der Waals surface area contributed by atoms with Crippen LogP contribution in [-0.4, -0.2) is 28.8 Å². The second kappa shape index (κ2) is 12.2. The number of benzene rings is 1. The maximum absolute atomic E-state index is 5.94. The van der Waals surface area contributed by atoms with Crippen LogP contribution in [0, 0.1) is 0 Å². The summed E-state index contributed by atoms with van der Waals surface area (Å²) in [6.07, 6.45) is 2.82. The minimum atomic E-state index is 0. The molecule has 2 rings (SSSR count). The minimum absolute atomic E-state index is 0. The Labute approximate surface area is 185 Å². The van der Waals surface area contributed by atoms with Crippen LogP contribution in [0.1, 0.15) is 43.3 Å². The smallest absolute Gasteiger partial charge is 0.191 e. The molecule has 0 radical (unpaired) electrons. The Kier molecular flexibility index (Phi) is 10.8. The van der Waals surface area contributed by atoms with Crippen molar-refractivity contribution in [1.29, 1.82) is 0 Å². The van der Waals surface area contributed by atoms with E-state index >= 15 is 0 Å². The summed E-state index contributed by atoms with van der Waals surface area (Å²) in [5.74, 6) is 0.842. The van der Waals surface area contributed by atoms with Crippen molar-refractivity contribution < 1.29 is 0 Å². The van der Waals surface area contributed by atoms with Crippen molar-refractivity contribution in [2.45, 2.75) is 46.6 Å². The number of rotatable bonds is 8. The van der Waals surface area contributed by atoms with Crippen LogP contribution >= 0.6 is 35.6 Å². The molecule has 1 heterocycles. The molecule has 0 unspecified atom stereocenters. The topological polar surface area (TPSA) is 54.2 Å². The minimum Gasteiger partial charge on any atom is -0.357 e. The Hall–Kier alpha value is -1.28. The molecule has 0 spiro atoms. The standard InChI is InChI=1S/C20H30ClN5.HI/c1-5-18-17(19(6-2)26(4)25-18)14-24-20(22-7-3)23-13-12-15-8-10-16(21)11-9-15;/h8-11H,5-7,12-14H2,1-4H3,(H2,22,23,24);1H. The van der Waals surface area contributed by atoms with Crippen molar-refractivity contribution in [3.63, 3.8) is 0 Å². The Morgan fingerprint density at radius 2 is 1.81 bits per heavy atom. The molecule has 1 aromatic heterocycles. The molecule has 2 aromatic rings. The Morgan fingerprint density at radius 3 is 2.41 bits per heavy atom. The van der Waals surface area contributed by atoms with E-state index in [1.54, 1.807) is 0 Å². The normalized spacial score (nSPS) is 11.2. The van der Waals surface area contributed by atoms with Gasteiger partial charge in [0, 0.05) is 36.4 Å². The molecule has 0 saturated carbocycles. The zero-order chi connectivity index (χ0) is 18.9. The van der Waals surface area contributed by atoms with Gasteiger partial charge in [0.1, 0.15) is 0 Å². The molecule has 0 aliphatic rings. The summed E-state index contributed by atoms with van der Waals surface area (Å²) < 4.78 is 1.99. The average molecular weight is 504 g/mol. The van der Waals surface area contributed by atoms with Crippen LogP contribution in [0.25, 0.3) is 0 Å². The van der Waals surface area contributed by atoms with Gasteiger partial charge in [-0.15, -0.1) is 24.0 Å². The summed E-state index contributed by atoms with van der Waals surface area (Å²) in [5, 5.41) is 12.1. The maximum atomic E-state index is 5.94. The summed E-state index contributed by atoms with van der Waals surface area (Å²) in [6.45, 7) is 8.69. The molecule has 0 saturated heterocycles. The quantitative estimate of drug-likeness (QED) is 0.324. The van der Waals surface area contributed by atoms with Crippen molar-refractivity contribution >= 4 is 41.5 Å². The number of hydrogen-bond acceptors (Lipinski definition) is 2. The molecule has 0 bridgehead atoms. The molecular formula is C20H31ClIN5. The highest BCUT2D eigenvalue weighted by Crippen LogP contribution is 2.16. The van der Waals surface area contributed by atoms with Gasteiger partial charge < -0.3 is 10.6 Å². The van der Waals surface area contributed by atoms with Gasteiger partial charge in [-0.2, -0.15) is 5.10 Å². The zero-order valence-corrected chi connectivity index (χ0v) is 19.8. The van der Waals surface area contributed by atoms with Gasteiger partial charge in [0.15, 0.2) is 5.96 Å². The van der Waals surface area contributed by atoms with E-state index in [-0.39, 0.29) is 24.0 Å². The number of aromatic nitrogens is 2. The predicted octanol–water partition coefficient (Wildman–Crippen LogP) is 4.11. The summed E-state index contributed by atoms with van der Waals surface area (Å²) in [6, 6.07) is 7.98. The van der Waals surface area contributed by atoms with Crippen LogP contribution in [0.2, 0.25) is 5.02 Å². The Balaban J connectivity index is 0.00000364. The first-order valence-corrected chi connectivity index (χ1v) is 9.77. The van der Waals surface area contributed by atoms with Crippen LogP contribution in [0.5, 0.6) is 0 Å². The fraction of sp³-hybridized carbons (Fsp3) is 0.500. The first kappa shape index (κ1) is 23.8. The average Bonchev–Trinajstić information content (AvgIpc) is 2.95. The van der Waals surface area contributed by atoms with Crippen molar-refractivity contribution in [2.75, 3.05) is 13.1 Å². The zero-order valence-electron chi connectivity index (χ0n) is 16.7. The fourth-order valence-corrected chi connectivity index (χ4v) is 3.17. The first-order chi connectivity index (χ1) is 12.6. The van der Waals surface area contributed by atoms with E-state index in [1.807, 2.05) is 23.9 Å². The third kappa shape index (κ3) is 6.99. The number of nitrogens with one attached hydrogen (secondary N) is 2. The van der Waals surface area contributed by atoms with E-state index in [2.05, 4.69) is 48.6 Å². The van der Waals surface area contributed by atoms with Crippen LogP contribution in [0.4, 0.5) is 0 Å². The number of aliphatic imine (C=N–C) groups is 1. The Bertz CT molecular complexity index is 725. The molecule has 0 amide bonds. The van der Waals surface area contributed by atoms with Gasteiger partial charge >= 0.3 is 0 Å². The van der Waals surface area contributed by atoms with E-state index < -0.39 is 0 Å². The summed E-state index contributed by atoms with van der Waals surface area (Å²) in [7, 11) is 2.01. The number of guanidine groups is 1. The molecule has 7 heteroatoms. The van der Waals surface area contributed by atoms with E-state index in [4.69, 9.17) is 16.6 Å². The van der Waals surface area contributed by atoms with Gasteiger partial charge in [-0.1, -0.05) is 37.6 Å². The highest BCUT2D eigenvalue weighted by atomic mass is 127. The SMILES string of the molecule is CCNC(=NCc1c(CC)nn(C)c1CC)NCCc1ccc(Cl)cc1.I. The molecule has 5 nitrogen and oxygen atoms in total. The highest BCUT2D eigenvalue weighted by Gasteiger charge is 2.13. The molecule has 0 aliphatic carbocycles. The van der Waals surface area contributed by atoms with Gasteiger partial charge in [0.05, 0.1) is 12.2 Å². The lowest BCUT2D eigenvalue weighted by atomic mass is 10.1. The predicted molar refractivity (Wildman–Crippen MR) is 125 cm³/mol. The monoisotopic (exact) mass is 503 g/mol. The van der Waals surface area contributed by atoms with Crippen molar-refractivity contribution in [2.24, 2.45) is 12.0 Å². The lowest BCUT2D eigenvalue weighted by molar-refractivity contribution is 0.703. The first-order valence-electron chi connectivity index (χ1n) is 9.39. The molecule has 27 heavy (non-hydrogen) atoms. The Morgan fingerprint density at radius 1 is 1.11 bits per heavy atom. The third-order valence-electron chi connectivity index (χ3n) is 4.39. The second-order valence-corrected chi connectivity index (χ2v) is 6.64. The second-order valence-electron chi connectivity index (χ2n) is 6.20. The highest BCUT2D eigenvalue weighted by molar-refractivity contribution is 14.0. The lowest BCUT2D eigenvalue weighted by Crippen LogP contribution is -2.38. The van der Waals surface area contributed by atoms with Crippen molar-refractivity contribution in [3.8, 4) is 0 Å².